The van der Waals surface area contributed by atoms with Gasteiger partial charge in [-0.05, 0) is 47.0 Å². The molecule has 4 rings (SSSR count). The van der Waals surface area contributed by atoms with E-state index in [0.717, 1.165) is 11.4 Å². The van der Waals surface area contributed by atoms with Gasteiger partial charge in [0, 0.05) is 5.69 Å². The molecule has 0 aliphatic heterocycles. The van der Waals surface area contributed by atoms with Crippen molar-refractivity contribution < 1.29 is 4.79 Å². The summed E-state index contributed by atoms with van der Waals surface area (Å²) in [5.41, 5.74) is 2.35. The van der Waals surface area contributed by atoms with Crippen LogP contribution in [0.4, 0.5) is 5.69 Å². The number of carbonyl (C=O) groups excluding carboxylic acids is 1. The molecule has 1 N–H and O–H groups in total. The molecule has 0 atom stereocenters. The van der Waals surface area contributed by atoms with Crippen LogP contribution in [0.15, 0.2) is 66.0 Å². The molecule has 10 heteroatoms. The molecule has 2 heterocycles. The Labute approximate surface area is 158 Å². The zero-order valence-corrected chi connectivity index (χ0v) is 15.0. The molecule has 0 saturated carbocycles. The Balaban J connectivity index is 1.54. The number of hydrogen-bond donors (Lipinski definition) is 1. The summed E-state index contributed by atoms with van der Waals surface area (Å²) < 4.78 is 1.60. The van der Waals surface area contributed by atoms with Crippen molar-refractivity contribution in [3.63, 3.8) is 0 Å². The topological polar surface area (TPSA) is 103 Å². The quantitative estimate of drug-likeness (QED) is 0.531. The van der Waals surface area contributed by atoms with Gasteiger partial charge in [0.2, 0.25) is 5.16 Å². The maximum atomic E-state index is 12.5. The van der Waals surface area contributed by atoms with E-state index in [2.05, 4.69) is 31.0 Å². The molecule has 134 valence electrons. The van der Waals surface area contributed by atoms with Crippen LogP contribution >= 0.6 is 11.8 Å². The summed E-state index contributed by atoms with van der Waals surface area (Å²) in [7, 11) is 0. The first-order valence-electron chi connectivity index (χ1n) is 7.96. The molecule has 2 aromatic carbocycles. The molecule has 9 nitrogen and oxygen atoms in total. The summed E-state index contributed by atoms with van der Waals surface area (Å²) in [5.74, 6) is -0.351. The second-order valence-electron chi connectivity index (χ2n) is 5.44. The molecule has 1 amide bonds. The first-order chi connectivity index (χ1) is 13.2. The second kappa shape index (κ2) is 7.38. The van der Waals surface area contributed by atoms with Gasteiger partial charge < -0.3 is 5.32 Å². The third-order valence-corrected chi connectivity index (χ3v) is 4.30. The molecule has 0 saturated heterocycles. The van der Waals surface area contributed by atoms with E-state index >= 15 is 0 Å². The number of para-hydroxylation sites is 1. The van der Waals surface area contributed by atoms with Crippen molar-refractivity contribution in [1.82, 2.24) is 35.2 Å². The number of nitrogens with one attached hydrogen (secondary N) is 1. The van der Waals surface area contributed by atoms with Crippen molar-refractivity contribution in [3.05, 3.63) is 66.5 Å². The van der Waals surface area contributed by atoms with Crippen molar-refractivity contribution in [3.8, 4) is 11.4 Å². The van der Waals surface area contributed by atoms with Gasteiger partial charge in [0.05, 0.1) is 17.6 Å². The van der Waals surface area contributed by atoms with Gasteiger partial charge in [-0.1, -0.05) is 36.0 Å². The lowest BCUT2D eigenvalue weighted by Crippen LogP contribution is -2.13. The van der Waals surface area contributed by atoms with Gasteiger partial charge in [-0.15, -0.1) is 10.2 Å². The molecule has 27 heavy (non-hydrogen) atoms. The summed E-state index contributed by atoms with van der Waals surface area (Å²) in [6.07, 6.45) is 3.32. The highest BCUT2D eigenvalue weighted by Gasteiger charge is 2.13. The predicted octanol–water partition coefficient (Wildman–Crippen LogP) is 2.22. The van der Waals surface area contributed by atoms with Gasteiger partial charge >= 0.3 is 0 Å². The summed E-state index contributed by atoms with van der Waals surface area (Å²) in [6, 6.07) is 16.6. The number of nitrogens with zero attached hydrogens (tertiary/aromatic N) is 7. The molecule has 0 unspecified atom stereocenters. The largest absolute Gasteiger partial charge is 0.320 e. The van der Waals surface area contributed by atoms with Crippen molar-refractivity contribution in [2.75, 3.05) is 11.6 Å². The fraction of sp³-hybridized carbons (Fsp3) is 0.0588. The normalized spacial score (nSPS) is 10.7. The SMILES string of the molecule is CSc1nnnn1-c1cccc(NC(=O)c2cnn(-c3ccccc3)n2)c1. The molecule has 0 spiro atoms. The second-order valence-corrected chi connectivity index (χ2v) is 6.21. The number of carbonyl (C=O) groups is 1. The van der Waals surface area contributed by atoms with Crippen LogP contribution in [0.5, 0.6) is 0 Å². The van der Waals surface area contributed by atoms with Crippen LogP contribution in [-0.2, 0) is 0 Å². The Bertz CT molecular complexity index is 1080. The smallest absolute Gasteiger partial charge is 0.277 e. The zero-order valence-electron chi connectivity index (χ0n) is 14.2. The average Bonchev–Trinajstić information content (AvgIpc) is 3.38. The monoisotopic (exact) mass is 378 g/mol. The van der Waals surface area contributed by atoms with Crippen molar-refractivity contribution in [1.29, 1.82) is 0 Å². The standard InChI is InChI=1S/C17H14N8OS/c1-27-17-20-22-23-24(17)14-9-5-6-12(10-14)19-16(26)15-11-18-25(21-15)13-7-3-2-4-8-13/h2-11H,1H3,(H,19,26). The van der Waals surface area contributed by atoms with Crippen molar-refractivity contribution in [2.24, 2.45) is 0 Å². The number of anilines is 1. The van der Waals surface area contributed by atoms with Gasteiger partial charge in [0.15, 0.2) is 5.69 Å². The van der Waals surface area contributed by atoms with Crippen LogP contribution in [0.2, 0.25) is 0 Å². The highest BCUT2D eigenvalue weighted by molar-refractivity contribution is 7.98. The third-order valence-electron chi connectivity index (χ3n) is 3.68. The van der Waals surface area contributed by atoms with Crippen LogP contribution in [0, 0.1) is 0 Å². The number of tetrazole rings is 1. The lowest BCUT2D eigenvalue weighted by Gasteiger charge is -2.07. The lowest BCUT2D eigenvalue weighted by atomic mass is 10.2. The van der Waals surface area contributed by atoms with Gasteiger partial charge in [0.25, 0.3) is 5.91 Å². The number of aromatic nitrogens is 7. The summed E-state index contributed by atoms with van der Waals surface area (Å²) >= 11 is 1.43. The minimum Gasteiger partial charge on any atom is -0.320 e. The van der Waals surface area contributed by atoms with Crippen LogP contribution in [0.3, 0.4) is 0 Å². The van der Waals surface area contributed by atoms with Crippen molar-refractivity contribution >= 4 is 23.4 Å². The van der Waals surface area contributed by atoms with E-state index in [-0.39, 0.29) is 11.6 Å². The molecule has 0 aliphatic carbocycles. The van der Waals surface area contributed by atoms with E-state index in [4.69, 9.17) is 0 Å². The van der Waals surface area contributed by atoms with E-state index < -0.39 is 0 Å². The highest BCUT2D eigenvalue weighted by atomic mass is 32.2. The number of amides is 1. The van der Waals surface area contributed by atoms with Gasteiger partial charge in [0.1, 0.15) is 0 Å². The minimum absolute atomic E-state index is 0.219. The maximum absolute atomic E-state index is 12.5. The number of benzene rings is 2. The molecule has 0 bridgehead atoms. The van der Waals surface area contributed by atoms with Crippen LogP contribution in [0.1, 0.15) is 10.5 Å². The molecule has 0 fully saturated rings. The van der Waals surface area contributed by atoms with Gasteiger partial charge in [-0.2, -0.15) is 14.6 Å². The number of rotatable bonds is 5. The summed E-state index contributed by atoms with van der Waals surface area (Å²) in [4.78, 5) is 13.9. The summed E-state index contributed by atoms with van der Waals surface area (Å²) in [6.45, 7) is 0. The molecular formula is C17H14N8OS. The van der Waals surface area contributed by atoms with E-state index in [1.165, 1.54) is 22.8 Å². The first kappa shape index (κ1) is 16.9. The molecular weight excluding hydrogens is 364 g/mol. The molecule has 0 aliphatic rings. The third kappa shape index (κ3) is 3.55. The van der Waals surface area contributed by atoms with Crippen LogP contribution < -0.4 is 5.32 Å². The van der Waals surface area contributed by atoms with E-state index in [0.29, 0.717) is 10.8 Å². The predicted molar refractivity (Wildman–Crippen MR) is 100 cm³/mol. The van der Waals surface area contributed by atoms with Crippen molar-refractivity contribution in [2.45, 2.75) is 5.16 Å². The Morgan fingerprint density at radius 1 is 1.07 bits per heavy atom. The molecule has 2 aromatic heterocycles. The lowest BCUT2D eigenvalue weighted by molar-refractivity contribution is 0.102. The zero-order chi connectivity index (χ0) is 18.6. The Morgan fingerprint density at radius 3 is 2.70 bits per heavy atom. The number of thioether (sulfide) groups is 1. The average molecular weight is 378 g/mol. The van der Waals surface area contributed by atoms with Gasteiger partial charge in [-0.3, -0.25) is 4.79 Å². The maximum Gasteiger partial charge on any atom is 0.277 e. The van der Waals surface area contributed by atoms with Gasteiger partial charge in [-0.25, -0.2) is 0 Å². The first-order valence-corrected chi connectivity index (χ1v) is 9.19. The fourth-order valence-corrected chi connectivity index (χ4v) is 2.86. The Morgan fingerprint density at radius 2 is 1.89 bits per heavy atom. The number of hydrogen-bond acceptors (Lipinski definition) is 7. The Kier molecular flexibility index (Phi) is 4.62. The summed E-state index contributed by atoms with van der Waals surface area (Å²) in [5, 5.41) is 23.4. The van der Waals surface area contributed by atoms with E-state index in [1.807, 2.05) is 48.7 Å². The van der Waals surface area contributed by atoms with Crippen LogP contribution in [-0.4, -0.2) is 47.4 Å². The Hall–Kier alpha value is -3.53. The van der Waals surface area contributed by atoms with E-state index in [9.17, 15) is 4.79 Å². The van der Waals surface area contributed by atoms with E-state index in [1.54, 1.807) is 16.8 Å². The van der Waals surface area contributed by atoms with Crippen LogP contribution in [0.25, 0.3) is 11.4 Å². The molecule has 4 aromatic rings. The molecule has 0 radical (unpaired) electrons. The fourth-order valence-electron chi connectivity index (χ4n) is 2.43. The minimum atomic E-state index is -0.351. The highest BCUT2D eigenvalue weighted by Crippen LogP contribution is 2.19.